The molecule has 0 fully saturated rings. The van der Waals surface area contributed by atoms with Crippen molar-refractivity contribution in [2.24, 2.45) is 0 Å². The fraction of sp³-hybridized carbons (Fsp3) is 0.333. The number of hydrogen-bond acceptors (Lipinski definition) is 5. The lowest BCUT2D eigenvalue weighted by molar-refractivity contribution is -0.385. The molecule has 0 spiro atoms. The summed E-state index contributed by atoms with van der Waals surface area (Å²) < 4.78 is 5.29. The highest BCUT2D eigenvalue weighted by molar-refractivity contribution is 6.34. The zero-order chi connectivity index (χ0) is 15.1. The van der Waals surface area contributed by atoms with Gasteiger partial charge in [-0.1, -0.05) is 11.6 Å². The molecule has 0 unspecified atom stereocenters. The Morgan fingerprint density at radius 1 is 1.45 bits per heavy atom. The van der Waals surface area contributed by atoms with Gasteiger partial charge in [-0.3, -0.25) is 19.7 Å². The van der Waals surface area contributed by atoms with E-state index in [0.29, 0.717) is 19.1 Å². The molecular weight excluding hydrogens is 290 g/mol. The lowest BCUT2D eigenvalue weighted by Gasteiger charge is -2.09. The molecule has 20 heavy (non-hydrogen) atoms. The van der Waals surface area contributed by atoms with Gasteiger partial charge in [0.2, 0.25) is 0 Å². The predicted octanol–water partition coefficient (Wildman–Crippen LogP) is 2.69. The fourth-order valence-corrected chi connectivity index (χ4v) is 1.76. The van der Waals surface area contributed by atoms with E-state index in [1.807, 2.05) is 0 Å². The molecule has 108 valence electrons. The van der Waals surface area contributed by atoms with E-state index in [1.54, 1.807) is 0 Å². The van der Waals surface area contributed by atoms with Gasteiger partial charge in [-0.15, -0.1) is 0 Å². The summed E-state index contributed by atoms with van der Waals surface area (Å²) in [7, 11) is 0. The minimum absolute atomic E-state index is 0.0386. The summed E-state index contributed by atoms with van der Waals surface area (Å²) in [5.41, 5.74) is -0.622. The van der Waals surface area contributed by atoms with E-state index in [-0.39, 0.29) is 35.1 Å². The molecule has 0 aliphatic rings. The molecule has 7 nitrogen and oxygen atoms in total. The monoisotopic (exact) mass is 301 g/mol. The number of carbonyl (C=O) groups is 2. The number of aliphatic carboxylic acids is 1. The van der Waals surface area contributed by atoms with Crippen LogP contribution < -0.4 is 4.74 Å². The molecule has 1 aromatic carbocycles. The van der Waals surface area contributed by atoms with Gasteiger partial charge in [-0.25, -0.2) is 0 Å². The Kier molecular flexibility index (Phi) is 5.92. The number of carboxylic acid groups (broad SMARTS) is 1. The molecule has 1 N–H and O–H groups in total. The molecule has 0 saturated heterocycles. The second-order valence-electron chi connectivity index (χ2n) is 3.88. The van der Waals surface area contributed by atoms with Crippen molar-refractivity contribution in [1.29, 1.82) is 0 Å². The van der Waals surface area contributed by atoms with E-state index in [2.05, 4.69) is 0 Å². The molecule has 1 aromatic rings. The number of carbonyl (C=O) groups excluding carboxylic acids is 1. The lowest BCUT2D eigenvalue weighted by Crippen LogP contribution is -2.02. The molecule has 0 aromatic heterocycles. The van der Waals surface area contributed by atoms with Crippen molar-refractivity contribution >= 4 is 29.5 Å². The summed E-state index contributed by atoms with van der Waals surface area (Å²) in [6.07, 6.45) is 1.28. The Morgan fingerprint density at radius 2 is 2.15 bits per heavy atom. The number of nitro groups is 1. The highest BCUT2D eigenvalue weighted by atomic mass is 35.5. The summed E-state index contributed by atoms with van der Waals surface area (Å²) in [6.45, 7) is 0.211. The highest BCUT2D eigenvalue weighted by Gasteiger charge is 2.19. The maximum atomic E-state index is 10.8. The molecule has 0 atom stereocenters. The quantitative estimate of drug-likeness (QED) is 0.342. The minimum atomic E-state index is -0.887. The standard InChI is InChI=1S/C12H12ClNO6/c13-12-8(7-15)9(14(18)19)4-5-10(12)20-6-2-1-3-11(16)17/h4-5,7H,1-3,6H2,(H,16,17). The first-order valence-corrected chi connectivity index (χ1v) is 6.11. The molecule has 1 rings (SSSR count). The second-order valence-corrected chi connectivity index (χ2v) is 4.26. The van der Waals surface area contributed by atoms with Crippen LogP contribution in [0.1, 0.15) is 29.6 Å². The van der Waals surface area contributed by atoms with Crippen LogP contribution in [0.4, 0.5) is 5.69 Å². The van der Waals surface area contributed by atoms with E-state index in [0.717, 1.165) is 6.07 Å². The Balaban J connectivity index is 2.70. The first kappa shape index (κ1) is 15.9. The zero-order valence-electron chi connectivity index (χ0n) is 10.4. The SMILES string of the molecule is O=Cc1c([N+](=O)[O-])ccc(OCCCCC(=O)O)c1Cl. The number of hydrogen-bond donors (Lipinski definition) is 1. The molecule has 0 aliphatic heterocycles. The largest absolute Gasteiger partial charge is 0.492 e. The normalized spacial score (nSPS) is 10.1. The summed E-state index contributed by atoms with van der Waals surface area (Å²) in [5.74, 6) is -0.726. The number of aldehydes is 1. The van der Waals surface area contributed by atoms with Gasteiger partial charge in [-0.05, 0) is 18.9 Å². The molecule has 0 heterocycles. The van der Waals surface area contributed by atoms with E-state index in [9.17, 15) is 19.7 Å². The van der Waals surface area contributed by atoms with Crippen molar-refractivity contribution in [3.8, 4) is 5.75 Å². The summed E-state index contributed by atoms with van der Waals surface area (Å²) in [4.78, 5) is 31.1. The van der Waals surface area contributed by atoms with Crippen molar-refractivity contribution in [3.63, 3.8) is 0 Å². The van der Waals surface area contributed by atoms with Gasteiger partial charge in [0.1, 0.15) is 16.3 Å². The van der Waals surface area contributed by atoms with Crippen molar-refractivity contribution < 1.29 is 24.4 Å². The van der Waals surface area contributed by atoms with Gasteiger partial charge in [-0.2, -0.15) is 0 Å². The number of halogens is 1. The summed E-state index contributed by atoms with van der Waals surface area (Å²) >= 11 is 5.87. The lowest BCUT2D eigenvalue weighted by atomic mass is 10.2. The Labute approximate surface area is 119 Å². The van der Waals surface area contributed by atoms with Gasteiger partial charge in [0.05, 0.1) is 11.5 Å². The third-order valence-corrected chi connectivity index (χ3v) is 2.87. The van der Waals surface area contributed by atoms with Crippen LogP contribution in [0.15, 0.2) is 12.1 Å². The van der Waals surface area contributed by atoms with Gasteiger partial charge < -0.3 is 9.84 Å². The van der Waals surface area contributed by atoms with Crippen LogP contribution in [0, 0.1) is 10.1 Å². The number of ether oxygens (including phenoxy) is 1. The molecule has 0 amide bonds. The van der Waals surface area contributed by atoms with Crippen LogP contribution in [0.5, 0.6) is 5.75 Å². The number of unbranched alkanes of at least 4 members (excludes halogenated alkanes) is 1. The third kappa shape index (κ3) is 4.20. The van der Waals surface area contributed by atoms with Crippen molar-refractivity contribution in [3.05, 3.63) is 32.8 Å². The topological polar surface area (TPSA) is 107 Å². The minimum Gasteiger partial charge on any atom is -0.492 e. The zero-order valence-corrected chi connectivity index (χ0v) is 11.1. The maximum Gasteiger partial charge on any atom is 0.303 e. The molecule has 0 radical (unpaired) electrons. The average Bonchev–Trinajstić information content (AvgIpc) is 2.39. The van der Waals surface area contributed by atoms with Gasteiger partial charge in [0, 0.05) is 12.5 Å². The van der Waals surface area contributed by atoms with Gasteiger partial charge >= 0.3 is 5.97 Å². The van der Waals surface area contributed by atoms with Crippen LogP contribution in [0.25, 0.3) is 0 Å². The fourth-order valence-electron chi connectivity index (χ4n) is 1.51. The van der Waals surface area contributed by atoms with Crippen LogP contribution in [0.3, 0.4) is 0 Å². The van der Waals surface area contributed by atoms with E-state index >= 15 is 0 Å². The smallest absolute Gasteiger partial charge is 0.303 e. The van der Waals surface area contributed by atoms with Crippen molar-refractivity contribution in [2.45, 2.75) is 19.3 Å². The first-order chi connectivity index (χ1) is 9.47. The van der Waals surface area contributed by atoms with Gasteiger partial charge in [0.25, 0.3) is 5.69 Å². The Hall–Kier alpha value is -2.15. The van der Waals surface area contributed by atoms with Crippen molar-refractivity contribution in [1.82, 2.24) is 0 Å². The molecule has 0 saturated carbocycles. The van der Waals surface area contributed by atoms with Crippen LogP contribution >= 0.6 is 11.6 Å². The average molecular weight is 302 g/mol. The number of rotatable bonds is 8. The Morgan fingerprint density at radius 3 is 2.70 bits per heavy atom. The maximum absolute atomic E-state index is 10.8. The number of nitro benzene ring substituents is 1. The molecule has 8 heteroatoms. The van der Waals surface area contributed by atoms with Crippen LogP contribution in [-0.2, 0) is 4.79 Å². The number of benzene rings is 1. The Bertz CT molecular complexity index is 531. The van der Waals surface area contributed by atoms with E-state index < -0.39 is 10.9 Å². The predicted molar refractivity (Wildman–Crippen MR) is 70.5 cm³/mol. The number of nitrogens with zero attached hydrogens (tertiary/aromatic N) is 1. The van der Waals surface area contributed by atoms with Gasteiger partial charge in [0.15, 0.2) is 6.29 Å². The van der Waals surface area contributed by atoms with Crippen molar-refractivity contribution in [2.75, 3.05) is 6.61 Å². The number of carboxylic acids is 1. The van der Waals surface area contributed by atoms with Crippen LogP contribution in [-0.4, -0.2) is 28.9 Å². The van der Waals surface area contributed by atoms with E-state index in [1.165, 1.54) is 6.07 Å². The van der Waals surface area contributed by atoms with E-state index in [4.69, 9.17) is 21.4 Å². The molecule has 0 bridgehead atoms. The second kappa shape index (κ2) is 7.44. The summed E-state index contributed by atoms with van der Waals surface area (Å²) in [5, 5.41) is 19.0. The molecular formula is C12H12ClNO6. The highest BCUT2D eigenvalue weighted by Crippen LogP contribution is 2.33. The molecule has 0 aliphatic carbocycles. The van der Waals surface area contributed by atoms with Crippen LogP contribution in [0.2, 0.25) is 5.02 Å². The summed E-state index contributed by atoms with van der Waals surface area (Å²) in [6, 6.07) is 2.45. The first-order valence-electron chi connectivity index (χ1n) is 5.74. The third-order valence-electron chi connectivity index (χ3n) is 2.48.